The molecule has 7 heteroatoms. The summed E-state index contributed by atoms with van der Waals surface area (Å²) in [5.74, 6) is -0.203. The first-order valence-corrected chi connectivity index (χ1v) is 6.13. The number of aromatic nitrogens is 1. The molecule has 3 amide bonds. The van der Waals surface area contributed by atoms with Gasteiger partial charge in [-0.05, 0) is 6.42 Å². The van der Waals surface area contributed by atoms with Crippen LogP contribution in [0.4, 0.5) is 4.79 Å². The van der Waals surface area contributed by atoms with Crippen LogP contribution in [0.3, 0.4) is 0 Å². The number of hydrogen-bond donors (Lipinski definition) is 2. The van der Waals surface area contributed by atoms with E-state index >= 15 is 0 Å². The Balaban J connectivity index is 2.10. The van der Waals surface area contributed by atoms with Crippen LogP contribution >= 0.6 is 11.3 Å². The van der Waals surface area contributed by atoms with Crippen molar-refractivity contribution >= 4 is 23.3 Å². The maximum Gasteiger partial charge on any atom is 0.314 e. The van der Waals surface area contributed by atoms with Crippen molar-refractivity contribution in [2.24, 2.45) is 5.73 Å². The molecule has 0 aliphatic carbocycles. The molecule has 0 aliphatic heterocycles. The van der Waals surface area contributed by atoms with Crippen LogP contribution < -0.4 is 11.1 Å². The lowest BCUT2D eigenvalue weighted by Crippen LogP contribution is -2.41. The molecule has 0 radical (unpaired) electrons. The summed E-state index contributed by atoms with van der Waals surface area (Å²) in [5.41, 5.74) is 5.00. The van der Waals surface area contributed by atoms with Gasteiger partial charge in [-0.1, -0.05) is 0 Å². The Morgan fingerprint density at radius 1 is 1.59 bits per heavy atom. The summed E-state index contributed by atoms with van der Waals surface area (Å²) >= 11 is 1.60. The van der Waals surface area contributed by atoms with Crippen molar-refractivity contribution in [1.82, 2.24) is 15.2 Å². The van der Waals surface area contributed by atoms with Gasteiger partial charge in [-0.2, -0.15) is 0 Å². The Labute approximate surface area is 104 Å². The third kappa shape index (κ3) is 5.30. The second-order valence-electron chi connectivity index (χ2n) is 3.57. The molecule has 1 heterocycles. The maximum atomic E-state index is 11.3. The Bertz CT molecular complexity index is 366. The molecule has 1 aromatic rings. The van der Waals surface area contributed by atoms with Crippen LogP contribution in [0.2, 0.25) is 0 Å². The Morgan fingerprint density at radius 3 is 2.94 bits per heavy atom. The summed E-state index contributed by atoms with van der Waals surface area (Å²) in [7, 11) is 1.48. The summed E-state index contributed by atoms with van der Waals surface area (Å²) < 4.78 is 0. The monoisotopic (exact) mass is 256 g/mol. The highest BCUT2D eigenvalue weighted by atomic mass is 32.1. The van der Waals surface area contributed by atoms with Crippen LogP contribution in [0, 0.1) is 0 Å². The van der Waals surface area contributed by atoms with Crippen LogP contribution in [0.1, 0.15) is 11.4 Å². The van der Waals surface area contributed by atoms with E-state index in [0.29, 0.717) is 6.54 Å². The van der Waals surface area contributed by atoms with Gasteiger partial charge in [0.2, 0.25) is 5.91 Å². The van der Waals surface area contributed by atoms with Crippen molar-refractivity contribution < 1.29 is 9.59 Å². The molecule has 1 aromatic heterocycles. The van der Waals surface area contributed by atoms with Crippen molar-refractivity contribution in [1.29, 1.82) is 0 Å². The second kappa shape index (κ2) is 6.85. The van der Waals surface area contributed by atoms with Crippen molar-refractivity contribution in [3.05, 3.63) is 16.6 Å². The number of nitrogens with one attached hydrogen (secondary N) is 1. The lowest BCUT2D eigenvalue weighted by Gasteiger charge is -2.13. The van der Waals surface area contributed by atoms with Crippen molar-refractivity contribution in [3.8, 4) is 0 Å². The van der Waals surface area contributed by atoms with Crippen LogP contribution in [-0.2, 0) is 11.2 Å². The molecule has 0 saturated carbocycles. The highest BCUT2D eigenvalue weighted by Gasteiger charge is 2.08. The average Bonchev–Trinajstić information content (AvgIpc) is 2.77. The summed E-state index contributed by atoms with van der Waals surface area (Å²) in [4.78, 5) is 27.3. The van der Waals surface area contributed by atoms with Crippen molar-refractivity contribution in [2.75, 3.05) is 20.1 Å². The summed E-state index contributed by atoms with van der Waals surface area (Å²) in [5, 5.41) is 5.71. The van der Waals surface area contributed by atoms with Gasteiger partial charge < -0.3 is 16.0 Å². The molecule has 3 N–H and O–H groups in total. The Kier molecular flexibility index (Phi) is 5.41. The first kappa shape index (κ1) is 13.4. The first-order chi connectivity index (χ1) is 8.09. The standard InChI is InChI=1S/C10H16N4O2S/c1-14(10(11)16)7-8(15)12-4-2-3-9-13-5-6-17-9/h5-6H,2-4,7H2,1H3,(H2,11,16)(H,12,15). The number of hydrogen-bond acceptors (Lipinski definition) is 4. The predicted octanol–water partition coefficient (Wildman–Crippen LogP) is 0.202. The molecule has 6 nitrogen and oxygen atoms in total. The van der Waals surface area contributed by atoms with Crippen molar-refractivity contribution in [3.63, 3.8) is 0 Å². The lowest BCUT2D eigenvalue weighted by atomic mass is 10.3. The molecule has 94 valence electrons. The summed E-state index contributed by atoms with van der Waals surface area (Å²) in [6.45, 7) is 0.567. The second-order valence-corrected chi connectivity index (χ2v) is 4.55. The van der Waals surface area contributed by atoms with Gasteiger partial charge in [0, 0.05) is 31.6 Å². The van der Waals surface area contributed by atoms with Gasteiger partial charge in [0.25, 0.3) is 0 Å². The number of rotatable bonds is 6. The van der Waals surface area contributed by atoms with Gasteiger partial charge in [-0.15, -0.1) is 11.3 Å². The third-order valence-electron chi connectivity index (χ3n) is 2.13. The number of carbonyl (C=O) groups excluding carboxylic acids is 2. The number of primary amides is 1. The van der Waals surface area contributed by atoms with Gasteiger partial charge in [0.1, 0.15) is 6.54 Å². The SMILES string of the molecule is CN(CC(=O)NCCCc1nccs1)C(N)=O. The minimum Gasteiger partial charge on any atom is -0.355 e. The molecule has 0 fully saturated rings. The van der Waals surface area contributed by atoms with Crippen LogP contribution in [0.15, 0.2) is 11.6 Å². The van der Waals surface area contributed by atoms with E-state index < -0.39 is 6.03 Å². The summed E-state index contributed by atoms with van der Waals surface area (Å²) in [6.07, 6.45) is 3.45. The van der Waals surface area contributed by atoms with E-state index in [0.717, 1.165) is 22.7 Å². The lowest BCUT2D eigenvalue weighted by molar-refractivity contribution is -0.121. The summed E-state index contributed by atoms with van der Waals surface area (Å²) in [6, 6.07) is -0.608. The number of nitrogens with two attached hydrogens (primary N) is 1. The van der Waals surface area contributed by atoms with Crippen LogP contribution in [0.5, 0.6) is 0 Å². The quantitative estimate of drug-likeness (QED) is 0.713. The third-order valence-corrected chi connectivity index (χ3v) is 2.97. The molecule has 0 bridgehead atoms. The largest absolute Gasteiger partial charge is 0.355 e. The topological polar surface area (TPSA) is 88.3 Å². The van der Waals surface area contributed by atoms with E-state index in [4.69, 9.17) is 5.73 Å². The van der Waals surface area contributed by atoms with Gasteiger partial charge in [-0.3, -0.25) is 4.79 Å². The molecular weight excluding hydrogens is 240 g/mol. The first-order valence-electron chi connectivity index (χ1n) is 5.25. The zero-order chi connectivity index (χ0) is 12.7. The normalized spacial score (nSPS) is 9.94. The molecule has 0 atom stereocenters. The average molecular weight is 256 g/mol. The predicted molar refractivity (Wildman–Crippen MR) is 65.7 cm³/mol. The van der Waals surface area contributed by atoms with Gasteiger partial charge in [0.15, 0.2) is 0 Å². The molecule has 0 saturated heterocycles. The van der Waals surface area contributed by atoms with Crippen LogP contribution in [-0.4, -0.2) is 42.0 Å². The molecule has 1 rings (SSSR count). The fourth-order valence-electron chi connectivity index (χ4n) is 1.19. The van der Waals surface area contributed by atoms with E-state index in [9.17, 15) is 9.59 Å². The Hall–Kier alpha value is -1.63. The fraction of sp³-hybridized carbons (Fsp3) is 0.500. The van der Waals surface area contributed by atoms with E-state index in [2.05, 4.69) is 10.3 Å². The minimum atomic E-state index is -0.608. The highest BCUT2D eigenvalue weighted by Crippen LogP contribution is 2.05. The number of urea groups is 1. The van der Waals surface area contributed by atoms with E-state index in [-0.39, 0.29) is 12.5 Å². The molecule has 17 heavy (non-hydrogen) atoms. The molecule has 0 spiro atoms. The minimum absolute atomic E-state index is 0.00736. The zero-order valence-electron chi connectivity index (χ0n) is 9.68. The molecule has 0 aliphatic rings. The maximum absolute atomic E-state index is 11.3. The number of aryl methyl sites for hydroxylation is 1. The molecular formula is C10H16N4O2S. The van der Waals surface area contributed by atoms with Gasteiger partial charge in [0.05, 0.1) is 5.01 Å². The van der Waals surface area contributed by atoms with E-state index in [1.807, 2.05) is 5.38 Å². The van der Waals surface area contributed by atoms with Crippen molar-refractivity contribution in [2.45, 2.75) is 12.8 Å². The smallest absolute Gasteiger partial charge is 0.314 e. The number of thiazole rings is 1. The Morgan fingerprint density at radius 2 is 2.35 bits per heavy atom. The molecule has 0 aromatic carbocycles. The highest BCUT2D eigenvalue weighted by molar-refractivity contribution is 7.09. The van der Waals surface area contributed by atoms with Gasteiger partial charge in [-0.25, -0.2) is 9.78 Å². The number of nitrogens with zero attached hydrogens (tertiary/aromatic N) is 2. The van der Waals surface area contributed by atoms with Crippen LogP contribution in [0.25, 0.3) is 0 Å². The number of likely N-dealkylation sites (N-methyl/N-ethyl adjacent to an activating group) is 1. The number of amides is 3. The fourth-order valence-corrected chi connectivity index (χ4v) is 1.86. The number of carbonyl (C=O) groups is 2. The van der Waals surface area contributed by atoms with E-state index in [1.165, 1.54) is 7.05 Å². The zero-order valence-corrected chi connectivity index (χ0v) is 10.5. The van der Waals surface area contributed by atoms with E-state index in [1.54, 1.807) is 17.5 Å². The van der Waals surface area contributed by atoms with Gasteiger partial charge >= 0.3 is 6.03 Å². The molecule has 0 unspecified atom stereocenters.